The molecule has 1 unspecified atom stereocenters. The molecular formula is C15H13F2NO3. The van der Waals surface area contributed by atoms with E-state index in [1.165, 1.54) is 6.07 Å². The van der Waals surface area contributed by atoms with Gasteiger partial charge in [-0.3, -0.25) is 0 Å². The molecule has 2 aromatic carbocycles. The lowest BCUT2D eigenvalue weighted by Crippen LogP contribution is -2.09. The van der Waals surface area contributed by atoms with Crippen molar-refractivity contribution in [3.8, 4) is 5.75 Å². The number of carboxylic acid groups (broad SMARTS) is 1. The molecule has 0 spiro atoms. The van der Waals surface area contributed by atoms with Gasteiger partial charge in [-0.05, 0) is 43.3 Å². The van der Waals surface area contributed by atoms with Crippen LogP contribution in [0.3, 0.4) is 0 Å². The highest BCUT2D eigenvalue weighted by Crippen LogP contribution is 2.29. The summed E-state index contributed by atoms with van der Waals surface area (Å²) >= 11 is 0. The molecule has 3 N–H and O–H groups in total. The molecule has 0 aliphatic heterocycles. The Hall–Kier alpha value is -2.63. The van der Waals surface area contributed by atoms with E-state index in [9.17, 15) is 18.7 Å². The number of aromatic hydroxyl groups is 1. The van der Waals surface area contributed by atoms with Crippen LogP contribution in [0.2, 0.25) is 0 Å². The van der Waals surface area contributed by atoms with Gasteiger partial charge in [-0.15, -0.1) is 0 Å². The third kappa shape index (κ3) is 3.28. The van der Waals surface area contributed by atoms with Crippen LogP contribution in [-0.4, -0.2) is 16.2 Å². The first-order valence-corrected chi connectivity index (χ1v) is 6.16. The quantitative estimate of drug-likeness (QED) is 0.806. The number of hydrogen-bond donors (Lipinski definition) is 3. The molecule has 0 saturated carbocycles. The van der Waals surface area contributed by atoms with Crippen LogP contribution in [0.15, 0.2) is 36.4 Å². The lowest BCUT2D eigenvalue weighted by atomic mass is 10.1. The van der Waals surface area contributed by atoms with E-state index in [0.717, 1.165) is 30.3 Å². The fourth-order valence-corrected chi connectivity index (χ4v) is 1.95. The van der Waals surface area contributed by atoms with E-state index in [1.54, 1.807) is 6.92 Å². The molecule has 0 aliphatic carbocycles. The van der Waals surface area contributed by atoms with Crippen molar-refractivity contribution >= 4 is 11.7 Å². The second-order valence-corrected chi connectivity index (χ2v) is 4.57. The smallest absolute Gasteiger partial charge is 0.335 e. The van der Waals surface area contributed by atoms with Gasteiger partial charge < -0.3 is 15.5 Å². The van der Waals surface area contributed by atoms with Crippen LogP contribution in [0.5, 0.6) is 5.75 Å². The Morgan fingerprint density at radius 3 is 2.57 bits per heavy atom. The third-order valence-electron chi connectivity index (χ3n) is 3.04. The summed E-state index contributed by atoms with van der Waals surface area (Å²) in [5, 5.41) is 21.3. The minimum Gasteiger partial charge on any atom is -0.508 e. The second kappa shape index (κ2) is 5.78. The van der Waals surface area contributed by atoms with E-state index in [2.05, 4.69) is 5.32 Å². The number of nitrogens with one attached hydrogen (secondary N) is 1. The van der Waals surface area contributed by atoms with Crippen molar-refractivity contribution in [2.75, 3.05) is 5.32 Å². The van der Waals surface area contributed by atoms with Crippen LogP contribution >= 0.6 is 0 Å². The van der Waals surface area contributed by atoms with E-state index in [-0.39, 0.29) is 22.6 Å². The predicted octanol–water partition coefficient (Wildman–Crippen LogP) is 3.54. The molecule has 0 amide bonds. The largest absolute Gasteiger partial charge is 0.508 e. The number of phenolic OH excluding ortho intramolecular Hbond substituents is 1. The van der Waals surface area contributed by atoms with Gasteiger partial charge in [0.1, 0.15) is 17.4 Å². The van der Waals surface area contributed by atoms with Crippen LogP contribution in [0.25, 0.3) is 0 Å². The maximum Gasteiger partial charge on any atom is 0.335 e. The van der Waals surface area contributed by atoms with Gasteiger partial charge in [0, 0.05) is 5.56 Å². The zero-order valence-electron chi connectivity index (χ0n) is 11.1. The van der Waals surface area contributed by atoms with Crippen LogP contribution in [0, 0.1) is 11.6 Å². The summed E-state index contributed by atoms with van der Waals surface area (Å²) in [7, 11) is 0. The molecular weight excluding hydrogens is 280 g/mol. The number of benzene rings is 2. The molecule has 0 aliphatic rings. The summed E-state index contributed by atoms with van der Waals surface area (Å²) < 4.78 is 26.9. The van der Waals surface area contributed by atoms with E-state index >= 15 is 0 Å². The summed E-state index contributed by atoms with van der Waals surface area (Å²) in [6.45, 7) is 1.60. The van der Waals surface area contributed by atoms with Crippen molar-refractivity contribution < 1.29 is 23.8 Å². The van der Waals surface area contributed by atoms with E-state index in [1.807, 2.05) is 0 Å². The third-order valence-corrected chi connectivity index (χ3v) is 3.04. The Morgan fingerprint density at radius 1 is 1.19 bits per heavy atom. The van der Waals surface area contributed by atoms with Gasteiger partial charge in [0.2, 0.25) is 0 Å². The molecule has 21 heavy (non-hydrogen) atoms. The highest BCUT2D eigenvalue weighted by molar-refractivity contribution is 5.88. The Kier molecular flexibility index (Phi) is 4.07. The van der Waals surface area contributed by atoms with E-state index in [0.29, 0.717) is 0 Å². The molecule has 0 fully saturated rings. The lowest BCUT2D eigenvalue weighted by Gasteiger charge is -2.17. The van der Waals surface area contributed by atoms with Gasteiger partial charge in [-0.25, -0.2) is 13.6 Å². The molecule has 0 aromatic heterocycles. The molecule has 2 rings (SSSR count). The highest BCUT2D eigenvalue weighted by Gasteiger charge is 2.15. The number of aromatic carboxylic acids is 1. The molecule has 6 heteroatoms. The van der Waals surface area contributed by atoms with Crippen molar-refractivity contribution in [3.05, 3.63) is 59.2 Å². The summed E-state index contributed by atoms with van der Waals surface area (Å²) in [4.78, 5) is 10.9. The molecule has 1 atom stereocenters. The average Bonchev–Trinajstić information content (AvgIpc) is 2.43. The van der Waals surface area contributed by atoms with Crippen molar-refractivity contribution in [2.24, 2.45) is 0 Å². The first kappa shape index (κ1) is 14.8. The maximum atomic E-state index is 13.7. The fourth-order valence-electron chi connectivity index (χ4n) is 1.95. The molecule has 0 saturated heterocycles. The number of halogens is 2. The standard InChI is InChI=1S/C15H13F2NO3/c1-8(11-7-10(16)3-5-14(11)19)18-13-6-9(15(20)21)2-4-12(13)17/h2-8,18-19H,1H3,(H,20,21). The van der Waals surface area contributed by atoms with Crippen molar-refractivity contribution in [1.29, 1.82) is 0 Å². The van der Waals surface area contributed by atoms with Crippen LogP contribution in [0.1, 0.15) is 28.9 Å². The summed E-state index contributed by atoms with van der Waals surface area (Å²) in [6.07, 6.45) is 0. The first-order chi connectivity index (χ1) is 9.88. The molecule has 4 nitrogen and oxygen atoms in total. The first-order valence-electron chi connectivity index (χ1n) is 6.16. The van der Waals surface area contributed by atoms with E-state index in [4.69, 9.17) is 5.11 Å². The molecule has 0 radical (unpaired) electrons. The fraction of sp³-hybridized carbons (Fsp3) is 0.133. The second-order valence-electron chi connectivity index (χ2n) is 4.57. The number of rotatable bonds is 4. The topological polar surface area (TPSA) is 69.6 Å². The van der Waals surface area contributed by atoms with Crippen molar-refractivity contribution in [3.63, 3.8) is 0 Å². The Bertz CT molecular complexity index is 689. The maximum absolute atomic E-state index is 13.7. The van der Waals surface area contributed by atoms with Gasteiger partial charge in [0.25, 0.3) is 0 Å². The number of phenols is 1. The lowest BCUT2D eigenvalue weighted by molar-refractivity contribution is 0.0697. The van der Waals surface area contributed by atoms with Gasteiger partial charge in [0.15, 0.2) is 0 Å². The number of carbonyl (C=O) groups is 1. The normalized spacial score (nSPS) is 12.0. The summed E-state index contributed by atoms with van der Waals surface area (Å²) in [5.74, 6) is -2.48. The van der Waals surface area contributed by atoms with Gasteiger partial charge >= 0.3 is 5.97 Å². The van der Waals surface area contributed by atoms with Crippen LogP contribution < -0.4 is 5.32 Å². The summed E-state index contributed by atoms with van der Waals surface area (Å²) in [5.41, 5.74) is 0.135. The summed E-state index contributed by atoms with van der Waals surface area (Å²) in [6, 6.07) is 6.15. The highest BCUT2D eigenvalue weighted by atomic mass is 19.1. The molecule has 0 heterocycles. The minimum absolute atomic E-state index is 0.0361. The number of hydrogen-bond acceptors (Lipinski definition) is 3. The monoisotopic (exact) mass is 293 g/mol. The number of carboxylic acids is 1. The van der Waals surface area contributed by atoms with Gasteiger partial charge in [-0.1, -0.05) is 0 Å². The zero-order valence-corrected chi connectivity index (χ0v) is 11.1. The van der Waals surface area contributed by atoms with Gasteiger partial charge in [-0.2, -0.15) is 0 Å². The Balaban J connectivity index is 2.31. The van der Waals surface area contributed by atoms with Crippen molar-refractivity contribution in [2.45, 2.75) is 13.0 Å². The van der Waals surface area contributed by atoms with Crippen molar-refractivity contribution in [1.82, 2.24) is 0 Å². The SMILES string of the molecule is CC(Nc1cc(C(=O)O)ccc1F)c1cc(F)ccc1O. The Morgan fingerprint density at radius 2 is 1.90 bits per heavy atom. The van der Waals surface area contributed by atoms with Gasteiger partial charge in [0.05, 0.1) is 17.3 Å². The van der Waals surface area contributed by atoms with Crippen LogP contribution in [0.4, 0.5) is 14.5 Å². The zero-order chi connectivity index (χ0) is 15.6. The van der Waals surface area contributed by atoms with E-state index < -0.39 is 23.6 Å². The average molecular weight is 293 g/mol. The molecule has 0 bridgehead atoms. The Labute approximate surface area is 119 Å². The molecule has 110 valence electrons. The predicted molar refractivity (Wildman–Crippen MR) is 73.5 cm³/mol. The van der Waals surface area contributed by atoms with Crippen LogP contribution in [-0.2, 0) is 0 Å². The molecule has 2 aromatic rings. The minimum atomic E-state index is -1.18. The number of anilines is 1.